The Labute approximate surface area is 102 Å². The summed E-state index contributed by atoms with van der Waals surface area (Å²) < 4.78 is 0. The van der Waals surface area contributed by atoms with Crippen molar-refractivity contribution in [2.75, 3.05) is 13.1 Å². The molecule has 2 nitrogen and oxygen atoms in total. The number of nitrogens with one attached hydrogen (secondary N) is 1. The molecule has 2 heterocycles. The molecule has 1 saturated carbocycles. The highest BCUT2D eigenvalue weighted by atomic mass is 32.1. The van der Waals surface area contributed by atoms with Gasteiger partial charge in [0.25, 0.3) is 0 Å². The average Bonchev–Trinajstić information content (AvgIpc) is 3.05. The quantitative estimate of drug-likeness (QED) is 0.864. The van der Waals surface area contributed by atoms with Gasteiger partial charge in [-0.1, -0.05) is 0 Å². The van der Waals surface area contributed by atoms with Crippen molar-refractivity contribution in [2.24, 2.45) is 0 Å². The van der Waals surface area contributed by atoms with Crippen LogP contribution in [0.2, 0.25) is 0 Å². The maximum absolute atomic E-state index is 3.68. The largest absolute Gasteiger partial charge is 0.310 e. The van der Waals surface area contributed by atoms with Crippen LogP contribution in [0.1, 0.15) is 31.2 Å². The molecule has 0 spiro atoms. The molecule has 1 aromatic rings. The third-order valence-electron chi connectivity index (χ3n) is 3.77. The zero-order valence-corrected chi connectivity index (χ0v) is 10.5. The molecule has 0 amide bonds. The molecule has 0 aromatic carbocycles. The summed E-state index contributed by atoms with van der Waals surface area (Å²) in [7, 11) is 0. The van der Waals surface area contributed by atoms with Crippen LogP contribution in [0.4, 0.5) is 0 Å². The fraction of sp³-hybridized carbons (Fsp3) is 0.692. The Morgan fingerprint density at radius 3 is 2.69 bits per heavy atom. The van der Waals surface area contributed by atoms with Gasteiger partial charge >= 0.3 is 0 Å². The molecule has 2 fully saturated rings. The summed E-state index contributed by atoms with van der Waals surface area (Å²) in [5.41, 5.74) is 1.44. The molecular weight excluding hydrogens is 216 g/mol. The van der Waals surface area contributed by atoms with E-state index in [0.717, 1.165) is 18.6 Å². The van der Waals surface area contributed by atoms with Crippen LogP contribution in [0.3, 0.4) is 0 Å². The summed E-state index contributed by atoms with van der Waals surface area (Å²) in [4.78, 5) is 2.68. The first-order valence-electron chi connectivity index (χ1n) is 6.40. The lowest BCUT2D eigenvalue weighted by molar-refractivity contribution is 0.189. The van der Waals surface area contributed by atoms with Crippen LogP contribution in [0.25, 0.3) is 0 Å². The normalized spacial score (nSPS) is 23.8. The molecule has 0 unspecified atom stereocenters. The molecule has 88 valence electrons. The maximum atomic E-state index is 3.68. The Kier molecular flexibility index (Phi) is 3.27. The number of likely N-dealkylation sites (tertiary alicyclic amines) is 1. The minimum Gasteiger partial charge on any atom is -0.310 e. The number of thiophene rings is 1. The fourth-order valence-electron chi connectivity index (χ4n) is 2.56. The van der Waals surface area contributed by atoms with Gasteiger partial charge in [0, 0.05) is 18.6 Å². The van der Waals surface area contributed by atoms with E-state index < -0.39 is 0 Å². The summed E-state index contributed by atoms with van der Waals surface area (Å²) in [6, 6.07) is 3.92. The molecule has 1 saturated heterocycles. The molecule has 2 aliphatic rings. The third kappa shape index (κ3) is 2.65. The van der Waals surface area contributed by atoms with Crippen LogP contribution in [-0.2, 0) is 6.54 Å². The van der Waals surface area contributed by atoms with Gasteiger partial charge < -0.3 is 10.2 Å². The van der Waals surface area contributed by atoms with Crippen molar-refractivity contribution >= 4 is 11.3 Å². The first-order valence-corrected chi connectivity index (χ1v) is 7.34. The lowest BCUT2D eigenvalue weighted by Gasteiger charge is -2.32. The van der Waals surface area contributed by atoms with Gasteiger partial charge in [-0.15, -0.1) is 0 Å². The second-order valence-corrected chi connectivity index (χ2v) is 5.83. The summed E-state index contributed by atoms with van der Waals surface area (Å²) in [6.07, 6.45) is 5.57. The molecule has 3 rings (SSSR count). The number of rotatable bonds is 4. The molecule has 1 aromatic heterocycles. The predicted octanol–water partition coefficient (Wildman–Crippen LogP) is 2.46. The first kappa shape index (κ1) is 10.8. The van der Waals surface area contributed by atoms with Crippen molar-refractivity contribution in [2.45, 2.75) is 44.3 Å². The predicted molar refractivity (Wildman–Crippen MR) is 68.8 cm³/mol. The highest BCUT2D eigenvalue weighted by Crippen LogP contribution is 2.29. The molecule has 1 N–H and O–H groups in total. The summed E-state index contributed by atoms with van der Waals surface area (Å²) in [5, 5.41) is 8.09. The number of hydrogen-bond donors (Lipinski definition) is 1. The minimum atomic E-state index is 0.745. The summed E-state index contributed by atoms with van der Waals surface area (Å²) in [5.74, 6) is 0. The van der Waals surface area contributed by atoms with Crippen LogP contribution in [0, 0.1) is 0 Å². The SMILES string of the molecule is c1cc(CNC2CCN(C3CC3)CC2)cs1. The van der Waals surface area contributed by atoms with E-state index in [1.807, 2.05) is 0 Å². The first-order chi connectivity index (χ1) is 7.92. The average molecular weight is 236 g/mol. The van der Waals surface area contributed by atoms with Crippen LogP contribution < -0.4 is 5.32 Å². The zero-order valence-electron chi connectivity index (χ0n) is 9.69. The number of hydrogen-bond acceptors (Lipinski definition) is 3. The number of nitrogens with zero attached hydrogens (tertiary/aromatic N) is 1. The Morgan fingerprint density at radius 1 is 1.25 bits per heavy atom. The van der Waals surface area contributed by atoms with Gasteiger partial charge in [-0.3, -0.25) is 0 Å². The van der Waals surface area contributed by atoms with Crippen molar-refractivity contribution in [3.05, 3.63) is 22.4 Å². The van der Waals surface area contributed by atoms with Crippen molar-refractivity contribution in [1.82, 2.24) is 10.2 Å². The molecule has 3 heteroatoms. The molecule has 16 heavy (non-hydrogen) atoms. The van der Waals surface area contributed by atoms with Crippen LogP contribution in [-0.4, -0.2) is 30.1 Å². The lowest BCUT2D eigenvalue weighted by atomic mass is 10.0. The van der Waals surface area contributed by atoms with Crippen molar-refractivity contribution in [3.8, 4) is 0 Å². The van der Waals surface area contributed by atoms with E-state index in [1.165, 1.54) is 44.3 Å². The highest BCUT2D eigenvalue weighted by Gasteiger charge is 2.31. The lowest BCUT2D eigenvalue weighted by Crippen LogP contribution is -2.43. The van der Waals surface area contributed by atoms with Gasteiger partial charge in [-0.05, 0) is 61.2 Å². The highest BCUT2D eigenvalue weighted by molar-refractivity contribution is 7.07. The van der Waals surface area contributed by atoms with Gasteiger partial charge in [0.1, 0.15) is 0 Å². The van der Waals surface area contributed by atoms with Crippen molar-refractivity contribution < 1.29 is 0 Å². The smallest absolute Gasteiger partial charge is 0.0216 e. The Hall–Kier alpha value is -0.380. The van der Waals surface area contributed by atoms with Gasteiger partial charge in [-0.2, -0.15) is 11.3 Å². The standard InChI is InChI=1S/C13H20N2S/c1-2-13(1)15-6-3-12(4-7-15)14-9-11-5-8-16-10-11/h5,8,10,12-14H,1-4,6-7,9H2. The molecule has 1 aliphatic heterocycles. The van der Waals surface area contributed by atoms with E-state index in [1.54, 1.807) is 11.3 Å². The van der Waals surface area contributed by atoms with Gasteiger partial charge in [0.05, 0.1) is 0 Å². The van der Waals surface area contributed by atoms with Gasteiger partial charge in [-0.25, -0.2) is 0 Å². The van der Waals surface area contributed by atoms with Crippen LogP contribution in [0.5, 0.6) is 0 Å². The maximum Gasteiger partial charge on any atom is 0.0216 e. The summed E-state index contributed by atoms with van der Waals surface area (Å²) in [6.45, 7) is 3.68. The van der Waals surface area contributed by atoms with Crippen molar-refractivity contribution in [3.63, 3.8) is 0 Å². The second kappa shape index (κ2) is 4.86. The van der Waals surface area contributed by atoms with Gasteiger partial charge in [0.2, 0.25) is 0 Å². The fourth-order valence-corrected chi connectivity index (χ4v) is 3.23. The molecule has 1 aliphatic carbocycles. The molecule has 0 atom stereocenters. The Bertz CT molecular complexity index is 311. The monoisotopic (exact) mass is 236 g/mol. The van der Waals surface area contributed by atoms with E-state index in [0.29, 0.717) is 0 Å². The molecule has 0 radical (unpaired) electrons. The minimum absolute atomic E-state index is 0.745. The number of piperidine rings is 1. The Morgan fingerprint density at radius 2 is 2.06 bits per heavy atom. The van der Waals surface area contributed by atoms with Gasteiger partial charge in [0.15, 0.2) is 0 Å². The summed E-state index contributed by atoms with van der Waals surface area (Å²) >= 11 is 1.79. The van der Waals surface area contributed by atoms with Crippen LogP contribution >= 0.6 is 11.3 Å². The third-order valence-corrected chi connectivity index (χ3v) is 4.50. The van der Waals surface area contributed by atoms with E-state index in [-0.39, 0.29) is 0 Å². The zero-order chi connectivity index (χ0) is 10.8. The van der Waals surface area contributed by atoms with Crippen molar-refractivity contribution in [1.29, 1.82) is 0 Å². The molecule has 0 bridgehead atoms. The van der Waals surface area contributed by atoms with Crippen LogP contribution in [0.15, 0.2) is 16.8 Å². The van der Waals surface area contributed by atoms with E-state index in [9.17, 15) is 0 Å². The van der Waals surface area contributed by atoms with E-state index in [2.05, 4.69) is 27.0 Å². The Balaban J connectivity index is 1.40. The molecular formula is C13H20N2S. The topological polar surface area (TPSA) is 15.3 Å². The van der Waals surface area contributed by atoms with E-state index in [4.69, 9.17) is 0 Å². The van der Waals surface area contributed by atoms with E-state index >= 15 is 0 Å². The second-order valence-electron chi connectivity index (χ2n) is 5.05.